The average Bonchev–Trinajstić information content (AvgIpc) is 2.85. The highest BCUT2D eigenvalue weighted by atomic mass is 35.5. The molecule has 22 heavy (non-hydrogen) atoms. The predicted octanol–water partition coefficient (Wildman–Crippen LogP) is 1.51. The lowest BCUT2D eigenvalue weighted by atomic mass is 9.97. The van der Waals surface area contributed by atoms with Crippen LogP contribution in [0.1, 0.15) is 19.0 Å². The van der Waals surface area contributed by atoms with Crippen molar-refractivity contribution in [1.29, 1.82) is 0 Å². The molecule has 2 aromatic rings. The number of likely N-dealkylation sites (tertiary alicyclic amines) is 1. The Balaban J connectivity index is 1.97. The fraction of sp³-hybridized carbons (Fsp3) is 0.500. The molecular weight excluding hydrogens is 326 g/mol. The molecule has 1 saturated heterocycles. The van der Waals surface area contributed by atoms with Crippen molar-refractivity contribution in [2.75, 3.05) is 19.7 Å². The molecule has 0 saturated carbocycles. The second-order valence-corrected chi connectivity index (χ2v) is 6.80. The normalized spacial score (nSPS) is 18.6. The summed E-state index contributed by atoms with van der Waals surface area (Å²) in [4.78, 5) is 30.4. The van der Waals surface area contributed by atoms with Gasteiger partial charge in [0.15, 0.2) is 6.29 Å². The summed E-state index contributed by atoms with van der Waals surface area (Å²) < 4.78 is 1.46. The first-order chi connectivity index (χ1) is 10.6. The largest absolute Gasteiger partial charge is 0.396 e. The van der Waals surface area contributed by atoms with Gasteiger partial charge in [0.2, 0.25) is 0 Å². The lowest BCUT2D eigenvalue weighted by molar-refractivity contribution is -0.116. The maximum absolute atomic E-state index is 12.3. The fourth-order valence-electron chi connectivity index (χ4n) is 2.86. The zero-order valence-corrected chi connectivity index (χ0v) is 13.4. The minimum atomic E-state index is -0.652. The topological polar surface area (TPSA) is 75.4 Å². The number of halogens is 1. The first-order valence-electron chi connectivity index (χ1n) is 7.11. The molecule has 0 spiro atoms. The third kappa shape index (κ3) is 2.81. The molecule has 0 aromatic carbocycles. The zero-order chi connectivity index (χ0) is 15.7. The first-order valence-corrected chi connectivity index (χ1v) is 8.30. The number of pyridine rings is 1. The van der Waals surface area contributed by atoms with Crippen LogP contribution in [0.4, 0.5) is 0 Å². The summed E-state index contributed by atoms with van der Waals surface area (Å²) in [6.45, 7) is 1.51. The Morgan fingerprint density at radius 1 is 1.50 bits per heavy atom. The van der Waals surface area contributed by atoms with E-state index in [2.05, 4.69) is 4.98 Å². The van der Waals surface area contributed by atoms with Crippen LogP contribution in [0, 0.1) is 5.92 Å². The van der Waals surface area contributed by atoms with Gasteiger partial charge in [-0.2, -0.15) is 0 Å². The third-order valence-corrected chi connectivity index (χ3v) is 5.19. The van der Waals surface area contributed by atoms with Gasteiger partial charge in [-0.15, -0.1) is 0 Å². The predicted molar refractivity (Wildman–Crippen MR) is 85.4 cm³/mol. The molecule has 0 radical (unpaired) electrons. The molecule has 3 heterocycles. The second-order valence-electron chi connectivity index (χ2n) is 5.43. The van der Waals surface area contributed by atoms with Gasteiger partial charge in [-0.3, -0.25) is 19.1 Å². The van der Waals surface area contributed by atoms with E-state index in [0.717, 1.165) is 30.5 Å². The van der Waals surface area contributed by atoms with Crippen molar-refractivity contribution in [3.63, 3.8) is 0 Å². The molecule has 118 valence electrons. The number of aliphatic hydroxyl groups excluding tert-OH is 1. The number of thiazole rings is 1. The SMILES string of the molecule is O=CC(N1CCC(CO)CC1)n1c(=O)sc2ncc(Cl)cc21. The number of rotatable bonds is 4. The Morgan fingerprint density at radius 2 is 2.23 bits per heavy atom. The van der Waals surface area contributed by atoms with E-state index in [9.17, 15) is 14.7 Å². The summed E-state index contributed by atoms with van der Waals surface area (Å²) in [5.74, 6) is 0.274. The van der Waals surface area contributed by atoms with E-state index in [1.54, 1.807) is 6.07 Å². The highest BCUT2D eigenvalue weighted by molar-refractivity contribution is 7.16. The second kappa shape index (κ2) is 6.45. The van der Waals surface area contributed by atoms with Crippen LogP contribution in [0.15, 0.2) is 17.1 Å². The number of piperidine rings is 1. The Hall–Kier alpha value is -1.28. The third-order valence-electron chi connectivity index (χ3n) is 4.11. The van der Waals surface area contributed by atoms with Crippen LogP contribution in [0.3, 0.4) is 0 Å². The monoisotopic (exact) mass is 341 g/mol. The number of aromatic nitrogens is 2. The van der Waals surface area contributed by atoms with Crippen LogP contribution in [0.2, 0.25) is 5.02 Å². The highest BCUT2D eigenvalue weighted by Gasteiger charge is 2.28. The summed E-state index contributed by atoms with van der Waals surface area (Å²) in [7, 11) is 0. The average molecular weight is 342 g/mol. The minimum absolute atomic E-state index is 0.167. The molecule has 1 aliphatic rings. The smallest absolute Gasteiger partial charge is 0.311 e. The summed E-state index contributed by atoms with van der Waals surface area (Å²) in [6.07, 6.45) is 3.26. The molecule has 2 aromatic heterocycles. The number of hydrogen-bond acceptors (Lipinski definition) is 6. The van der Waals surface area contributed by atoms with Gasteiger partial charge in [-0.1, -0.05) is 22.9 Å². The number of aldehydes is 1. The van der Waals surface area contributed by atoms with Gasteiger partial charge in [0.05, 0.1) is 10.5 Å². The van der Waals surface area contributed by atoms with Crippen molar-refractivity contribution in [1.82, 2.24) is 14.5 Å². The number of fused-ring (bicyclic) bond motifs is 1. The van der Waals surface area contributed by atoms with E-state index in [1.165, 1.54) is 10.8 Å². The molecule has 0 bridgehead atoms. The number of hydrogen-bond donors (Lipinski definition) is 1. The molecule has 3 rings (SSSR count). The van der Waals surface area contributed by atoms with Crippen molar-refractivity contribution in [3.8, 4) is 0 Å². The van der Waals surface area contributed by atoms with Crippen LogP contribution in [0.25, 0.3) is 10.3 Å². The van der Waals surface area contributed by atoms with Crippen molar-refractivity contribution in [2.24, 2.45) is 5.92 Å². The van der Waals surface area contributed by atoms with Crippen LogP contribution in [-0.4, -0.2) is 45.5 Å². The number of carbonyl (C=O) groups is 1. The lowest BCUT2D eigenvalue weighted by Crippen LogP contribution is -2.42. The summed E-state index contributed by atoms with van der Waals surface area (Å²) in [5.41, 5.74) is 0.587. The molecule has 8 heteroatoms. The van der Waals surface area contributed by atoms with Gasteiger partial charge in [0, 0.05) is 25.9 Å². The van der Waals surface area contributed by atoms with Crippen LogP contribution in [0.5, 0.6) is 0 Å². The summed E-state index contributed by atoms with van der Waals surface area (Å²) in [6, 6.07) is 1.67. The highest BCUT2D eigenvalue weighted by Crippen LogP contribution is 2.26. The van der Waals surface area contributed by atoms with Gasteiger partial charge in [-0.05, 0) is 24.8 Å². The molecule has 0 amide bonds. The quantitative estimate of drug-likeness (QED) is 0.853. The summed E-state index contributed by atoms with van der Waals surface area (Å²) in [5, 5.41) is 9.64. The standard InChI is InChI=1S/C14H16ClN3O3S/c15-10-5-11-13(16-6-10)22-14(21)18(11)12(8-20)17-3-1-9(7-19)2-4-17/h5-6,8-9,12,19H,1-4,7H2. The van der Waals surface area contributed by atoms with Crippen molar-refractivity contribution < 1.29 is 9.90 Å². The Kier molecular flexibility index (Phi) is 4.58. The lowest BCUT2D eigenvalue weighted by Gasteiger charge is -2.34. The number of aliphatic hydroxyl groups is 1. The zero-order valence-electron chi connectivity index (χ0n) is 11.8. The number of nitrogens with zero attached hydrogens (tertiary/aromatic N) is 3. The molecule has 0 aliphatic carbocycles. The maximum Gasteiger partial charge on any atom is 0.311 e. The molecular formula is C14H16ClN3O3S. The molecule has 1 fully saturated rings. The Labute approximate surface area is 135 Å². The molecule has 1 atom stereocenters. The van der Waals surface area contributed by atoms with Crippen LogP contribution >= 0.6 is 22.9 Å². The van der Waals surface area contributed by atoms with E-state index in [4.69, 9.17) is 11.6 Å². The van der Waals surface area contributed by atoms with Gasteiger partial charge in [0.1, 0.15) is 11.0 Å². The molecule has 1 aliphatic heterocycles. The fourth-order valence-corrected chi connectivity index (χ4v) is 3.85. The van der Waals surface area contributed by atoms with Gasteiger partial charge in [0.25, 0.3) is 0 Å². The minimum Gasteiger partial charge on any atom is -0.396 e. The van der Waals surface area contributed by atoms with Gasteiger partial charge < -0.3 is 5.11 Å². The number of carbonyl (C=O) groups excluding carboxylic acids is 1. The van der Waals surface area contributed by atoms with Gasteiger partial charge >= 0.3 is 4.87 Å². The molecule has 1 unspecified atom stereocenters. The first kappa shape index (κ1) is 15.6. The van der Waals surface area contributed by atoms with Crippen LogP contribution in [-0.2, 0) is 4.79 Å². The molecule has 1 N–H and O–H groups in total. The van der Waals surface area contributed by atoms with E-state index >= 15 is 0 Å². The molecule has 6 nitrogen and oxygen atoms in total. The van der Waals surface area contributed by atoms with E-state index in [-0.39, 0.29) is 17.4 Å². The Morgan fingerprint density at radius 3 is 2.86 bits per heavy atom. The Bertz CT molecular complexity index is 736. The van der Waals surface area contributed by atoms with Crippen molar-refractivity contribution in [3.05, 3.63) is 27.0 Å². The maximum atomic E-state index is 12.3. The van der Waals surface area contributed by atoms with Gasteiger partial charge in [-0.25, -0.2) is 4.98 Å². The van der Waals surface area contributed by atoms with E-state index in [0.29, 0.717) is 28.5 Å². The van der Waals surface area contributed by atoms with E-state index in [1.807, 2.05) is 4.90 Å². The van der Waals surface area contributed by atoms with Crippen molar-refractivity contribution in [2.45, 2.75) is 19.0 Å². The van der Waals surface area contributed by atoms with Crippen LogP contribution < -0.4 is 4.87 Å². The van der Waals surface area contributed by atoms with Crippen molar-refractivity contribution >= 4 is 39.6 Å². The summed E-state index contributed by atoms with van der Waals surface area (Å²) >= 11 is 6.98. The van der Waals surface area contributed by atoms with E-state index < -0.39 is 6.17 Å².